The van der Waals surface area contributed by atoms with E-state index in [0.29, 0.717) is 23.4 Å². The highest BCUT2D eigenvalue weighted by Crippen LogP contribution is 2.31. The highest BCUT2D eigenvalue weighted by molar-refractivity contribution is 7.89. The third kappa shape index (κ3) is 2.51. The number of rotatable bonds is 3. The summed E-state index contributed by atoms with van der Waals surface area (Å²) in [7, 11) is -3.56. The van der Waals surface area contributed by atoms with Gasteiger partial charge in [-0.25, -0.2) is 8.42 Å². The fourth-order valence-corrected chi connectivity index (χ4v) is 5.29. The molecule has 2 heterocycles. The van der Waals surface area contributed by atoms with Gasteiger partial charge in [0.25, 0.3) is 0 Å². The van der Waals surface area contributed by atoms with Gasteiger partial charge in [-0.3, -0.25) is 4.98 Å². The second-order valence-electron chi connectivity index (χ2n) is 5.89. The first-order valence-corrected chi connectivity index (χ1v) is 9.04. The van der Waals surface area contributed by atoms with E-state index in [1.54, 1.807) is 34.9 Å². The lowest BCUT2D eigenvalue weighted by atomic mass is 9.93. The van der Waals surface area contributed by atoms with Gasteiger partial charge in [0.1, 0.15) is 0 Å². The van der Waals surface area contributed by atoms with E-state index >= 15 is 0 Å². The Morgan fingerprint density at radius 3 is 2.95 bits per heavy atom. The minimum absolute atomic E-state index is 0.129. The van der Waals surface area contributed by atoms with Crippen molar-refractivity contribution in [3.63, 3.8) is 0 Å². The Morgan fingerprint density at radius 2 is 2.18 bits per heavy atom. The fourth-order valence-electron chi connectivity index (χ4n) is 3.30. The van der Waals surface area contributed by atoms with Gasteiger partial charge in [-0.15, -0.1) is 0 Å². The van der Waals surface area contributed by atoms with Crippen molar-refractivity contribution in [2.45, 2.75) is 30.7 Å². The summed E-state index contributed by atoms with van der Waals surface area (Å²) >= 11 is 0. The average molecular weight is 319 g/mol. The van der Waals surface area contributed by atoms with E-state index in [2.05, 4.69) is 11.9 Å². The van der Waals surface area contributed by atoms with Crippen LogP contribution in [0.25, 0.3) is 10.8 Å². The summed E-state index contributed by atoms with van der Waals surface area (Å²) < 4.78 is 27.9. The lowest BCUT2D eigenvalue weighted by Gasteiger charge is -2.38. The van der Waals surface area contributed by atoms with E-state index in [0.717, 1.165) is 18.2 Å². The number of nitrogens with zero attached hydrogens (tertiary/aromatic N) is 2. The zero-order valence-electron chi connectivity index (χ0n) is 12.6. The summed E-state index contributed by atoms with van der Waals surface area (Å²) in [5, 5.41) is 1.55. The molecular weight excluding hydrogens is 298 g/mol. The van der Waals surface area contributed by atoms with Crippen LogP contribution in [0.15, 0.2) is 41.6 Å². The first-order valence-electron chi connectivity index (χ1n) is 7.60. The standard InChI is InChI=1S/C16H21N3O2S/c1-12-4-3-9-19(15(12)10-17)22(20,21)16-6-2-5-13-11-18-8-7-14(13)16/h2,5-8,11-12,15H,3-4,9-10,17H2,1H3. The van der Waals surface area contributed by atoms with E-state index in [9.17, 15) is 8.42 Å². The van der Waals surface area contributed by atoms with E-state index < -0.39 is 10.0 Å². The molecule has 0 radical (unpaired) electrons. The number of sulfonamides is 1. The van der Waals surface area contributed by atoms with Crippen molar-refractivity contribution < 1.29 is 8.42 Å². The summed E-state index contributed by atoms with van der Waals surface area (Å²) in [5.74, 6) is 0.283. The third-order valence-electron chi connectivity index (χ3n) is 4.53. The molecule has 1 fully saturated rings. The van der Waals surface area contributed by atoms with Gasteiger partial charge in [-0.05, 0) is 30.9 Å². The molecule has 2 atom stereocenters. The topological polar surface area (TPSA) is 76.3 Å². The molecule has 2 unspecified atom stereocenters. The van der Waals surface area contributed by atoms with Gasteiger partial charge < -0.3 is 5.73 Å². The second-order valence-corrected chi connectivity index (χ2v) is 7.75. The number of nitrogens with two attached hydrogens (primary N) is 1. The van der Waals surface area contributed by atoms with Crippen molar-refractivity contribution in [3.05, 3.63) is 36.7 Å². The minimum Gasteiger partial charge on any atom is -0.329 e. The number of pyridine rings is 1. The van der Waals surface area contributed by atoms with Gasteiger partial charge in [0, 0.05) is 42.3 Å². The molecular formula is C16H21N3O2S. The molecule has 22 heavy (non-hydrogen) atoms. The van der Waals surface area contributed by atoms with Gasteiger partial charge in [0.2, 0.25) is 10.0 Å². The molecule has 2 aromatic rings. The van der Waals surface area contributed by atoms with Crippen molar-refractivity contribution >= 4 is 20.8 Å². The van der Waals surface area contributed by atoms with Crippen LogP contribution in [0.3, 0.4) is 0 Å². The molecule has 5 nitrogen and oxygen atoms in total. The number of piperidine rings is 1. The fraction of sp³-hybridized carbons (Fsp3) is 0.438. The van der Waals surface area contributed by atoms with E-state index in [-0.39, 0.29) is 12.0 Å². The lowest BCUT2D eigenvalue weighted by Crippen LogP contribution is -2.51. The highest BCUT2D eigenvalue weighted by atomic mass is 32.2. The number of fused-ring (bicyclic) bond motifs is 1. The van der Waals surface area contributed by atoms with Gasteiger partial charge in [0.15, 0.2) is 0 Å². The zero-order chi connectivity index (χ0) is 15.7. The first-order chi connectivity index (χ1) is 10.6. The summed E-state index contributed by atoms with van der Waals surface area (Å²) in [6.07, 6.45) is 5.21. The Kier molecular flexibility index (Phi) is 4.16. The summed E-state index contributed by atoms with van der Waals surface area (Å²) in [6.45, 7) is 2.97. The maximum atomic E-state index is 13.2. The number of hydrogen-bond acceptors (Lipinski definition) is 4. The predicted octanol–water partition coefficient (Wildman–Crippen LogP) is 1.98. The molecule has 0 amide bonds. The molecule has 6 heteroatoms. The zero-order valence-corrected chi connectivity index (χ0v) is 13.5. The quantitative estimate of drug-likeness (QED) is 0.938. The SMILES string of the molecule is CC1CCCN(S(=O)(=O)c2cccc3cnccc23)C1CN. The Labute approximate surface area is 131 Å². The van der Waals surface area contributed by atoms with Crippen LogP contribution in [0.2, 0.25) is 0 Å². The Morgan fingerprint density at radius 1 is 1.36 bits per heavy atom. The average Bonchev–Trinajstić information content (AvgIpc) is 2.54. The molecule has 0 saturated carbocycles. The van der Waals surface area contributed by atoms with E-state index in [1.807, 2.05) is 6.07 Å². The molecule has 0 aliphatic carbocycles. The monoisotopic (exact) mass is 319 g/mol. The molecule has 1 saturated heterocycles. The van der Waals surface area contributed by atoms with Crippen LogP contribution in [0.5, 0.6) is 0 Å². The van der Waals surface area contributed by atoms with Crippen LogP contribution in [0, 0.1) is 5.92 Å². The molecule has 0 bridgehead atoms. The molecule has 118 valence electrons. The van der Waals surface area contributed by atoms with Gasteiger partial charge in [-0.1, -0.05) is 19.1 Å². The third-order valence-corrected chi connectivity index (χ3v) is 6.52. The molecule has 1 aliphatic rings. The normalized spacial score (nSPS) is 23.7. The minimum atomic E-state index is -3.56. The molecule has 1 aromatic heterocycles. The van der Waals surface area contributed by atoms with E-state index in [4.69, 9.17) is 5.73 Å². The molecule has 1 aliphatic heterocycles. The van der Waals surface area contributed by atoms with Crippen molar-refractivity contribution in [3.8, 4) is 0 Å². The first kappa shape index (κ1) is 15.4. The molecule has 2 N–H and O–H groups in total. The highest BCUT2D eigenvalue weighted by Gasteiger charge is 2.36. The summed E-state index contributed by atoms with van der Waals surface area (Å²) in [4.78, 5) is 4.41. The van der Waals surface area contributed by atoms with Crippen LogP contribution in [-0.4, -0.2) is 36.8 Å². The van der Waals surface area contributed by atoms with Crippen LogP contribution in [0.1, 0.15) is 19.8 Å². The molecule has 1 aromatic carbocycles. The maximum absolute atomic E-state index is 13.2. The number of hydrogen-bond donors (Lipinski definition) is 1. The number of aromatic nitrogens is 1. The molecule has 0 spiro atoms. The Bertz CT molecular complexity index is 771. The largest absolute Gasteiger partial charge is 0.329 e. The maximum Gasteiger partial charge on any atom is 0.243 e. The Balaban J connectivity index is 2.12. The van der Waals surface area contributed by atoms with Gasteiger partial charge in [0.05, 0.1) is 4.90 Å². The van der Waals surface area contributed by atoms with Crippen molar-refractivity contribution in [1.82, 2.24) is 9.29 Å². The van der Waals surface area contributed by atoms with Crippen molar-refractivity contribution in [2.24, 2.45) is 11.7 Å². The van der Waals surface area contributed by atoms with Crippen molar-refractivity contribution in [2.75, 3.05) is 13.1 Å². The van der Waals surface area contributed by atoms with Crippen LogP contribution in [0.4, 0.5) is 0 Å². The molecule has 3 rings (SSSR count). The number of benzene rings is 1. The van der Waals surface area contributed by atoms with Crippen LogP contribution >= 0.6 is 0 Å². The Hall–Kier alpha value is -1.50. The summed E-state index contributed by atoms with van der Waals surface area (Å²) in [6, 6.07) is 6.94. The smallest absolute Gasteiger partial charge is 0.243 e. The second kappa shape index (κ2) is 5.95. The van der Waals surface area contributed by atoms with E-state index in [1.165, 1.54) is 0 Å². The van der Waals surface area contributed by atoms with Gasteiger partial charge in [-0.2, -0.15) is 4.31 Å². The van der Waals surface area contributed by atoms with Crippen LogP contribution in [-0.2, 0) is 10.0 Å². The predicted molar refractivity (Wildman–Crippen MR) is 86.9 cm³/mol. The van der Waals surface area contributed by atoms with Crippen LogP contribution < -0.4 is 5.73 Å². The lowest BCUT2D eigenvalue weighted by molar-refractivity contribution is 0.192. The van der Waals surface area contributed by atoms with Crippen molar-refractivity contribution in [1.29, 1.82) is 0 Å². The van der Waals surface area contributed by atoms with Gasteiger partial charge >= 0.3 is 0 Å². The summed E-state index contributed by atoms with van der Waals surface area (Å²) in [5.41, 5.74) is 5.86.